The van der Waals surface area contributed by atoms with Gasteiger partial charge in [0.15, 0.2) is 0 Å². The number of hydrogen-bond acceptors (Lipinski definition) is 3. The summed E-state index contributed by atoms with van der Waals surface area (Å²) < 4.78 is 31.4. The molecule has 1 aromatic rings. The molecule has 0 heterocycles. The summed E-state index contributed by atoms with van der Waals surface area (Å²) in [5.41, 5.74) is 5.72. The van der Waals surface area contributed by atoms with Crippen molar-refractivity contribution in [2.75, 3.05) is 12.3 Å². The van der Waals surface area contributed by atoms with Crippen molar-refractivity contribution in [1.82, 2.24) is 0 Å². The van der Waals surface area contributed by atoms with Crippen molar-refractivity contribution < 1.29 is 18.3 Å². The van der Waals surface area contributed by atoms with Crippen LogP contribution in [0, 0.1) is 0 Å². The number of alkyl halides is 2. The predicted molar refractivity (Wildman–Crippen MR) is 60.8 cm³/mol. The van der Waals surface area contributed by atoms with E-state index in [1.165, 1.54) is 18.2 Å². The molecule has 2 N–H and O–H groups in total. The first kappa shape index (κ1) is 13.4. The average Bonchev–Trinajstić information content (AvgIpc) is 2.19. The maximum atomic E-state index is 13.3. The number of carbonyl (C=O) groups is 1. The summed E-state index contributed by atoms with van der Waals surface area (Å²) in [7, 11) is 0. The summed E-state index contributed by atoms with van der Waals surface area (Å²) in [4.78, 5) is 11.3. The van der Waals surface area contributed by atoms with Crippen LogP contribution >= 0.6 is 0 Å². The van der Waals surface area contributed by atoms with Crippen LogP contribution in [0.25, 0.3) is 0 Å². The van der Waals surface area contributed by atoms with E-state index in [1.54, 1.807) is 6.92 Å². The maximum absolute atomic E-state index is 13.3. The monoisotopic (exact) mass is 243 g/mol. The summed E-state index contributed by atoms with van der Waals surface area (Å²) in [5, 5.41) is 0. The number of ether oxygens (including phenoxy) is 1. The van der Waals surface area contributed by atoms with Crippen molar-refractivity contribution in [1.29, 1.82) is 0 Å². The Kier molecular flexibility index (Phi) is 4.04. The molecule has 3 nitrogen and oxygen atoms in total. The minimum absolute atomic E-state index is 0.174. The summed E-state index contributed by atoms with van der Waals surface area (Å²) in [6.07, 6.45) is -0.174. The molecule has 17 heavy (non-hydrogen) atoms. The second-order valence-electron chi connectivity index (χ2n) is 3.79. The molecule has 0 saturated carbocycles. The van der Waals surface area contributed by atoms with E-state index in [2.05, 4.69) is 0 Å². The van der Waals surface area contributed by atoms with Crippen LogP contribution in [0.2, 0.25) is 0 Å². The fourth-order valence-corrected chi connectivity index (χ4v) is 1.52. The molecule has 0 aliphatic carbocycles. The predicted octanol–water partition coefficient (Wildman–Crippen LogP) is 2.49. The Morgan fingerprint density at radius 2 is 2.12 bits per heavy atom. The Hall–Kier alpha value is -1.65. The first-order valence-corrected chi connectivity index (χ1v) is 5.27. The van der Waals surface area contributed by atoms with Gasteiger partial charge in [0, 0.05) is 18.2 Å². The van der Waals surface area contributed by atoms with Crippen molar-refractivity contribution >= 4 is 11.7 Å². The molecule has 0 aliphatic heterocycles. The second-order valence-corrected chi connectivity index (χ2v) is 3.79. The molecule has 94 valence electrons. The average molecular weight is 243 g/mol. The van der Waals surface area contributed by atoms with E-state index in [0.29, 0.717) is 0 Å². The molecular formula is C12H15F2NO2. The summed E-state index contributed by atoms with van der Waals surface area (Å²) in [6, 6.07) is 4.11. The van der Waals surface area contributed by atoms with Gasteiger partial charge in [0.25, 0.3) is 5.92 Å². The van der Waals surface area contributed by atoms with E-state index in [0.717, 1.165) is 6.92 Å². The van der Waals surface area contributed by atoms with Crippen LogP contribution in [0.1, 0.15) is 25.0 Å². The van der Waals surface area contributed by atoms with Crippen LogP contribution in [0.3, 0.4) is 0 Å². The minimum atomic E-state index is -3.03. The SMILES string of the molecule is CCOC(=O)Cc1ccc(N)cc1C(C)(F)F. The molecule has 0 atom stereocenters. The molecule has 0 amide bonds. The van der Waals surface area contributed by atoms with Gasteiger partial charge in [0.2, 0.25) is 0 Å². The van der Waals surface area contributed by atoms with Gasteiger partial charge in [-0.15, -0.1) is 0 Å². The van der Waals surface area contributed by atoms with Crippen molar-refractivity contribution in [2.45, 2.75) is 26.2 Å². The molecule has 0 unspecified atom stereocenters. The zero-order valence-electron chi connectivity index (χ0n) is 9.80. The van der Waals surface area contributed by atoms with E-state index in [1.807, 2.05) is 0 Å². The third-order valence-corrected chi connectivity index (χ3v) is 2.25. The lowest BCUT2D eigenvalue weighted by Gasteiger charge is -2.16. The van der Waals surface area contributed by atoms with E-state index < -0.39 is 11.9 Å². The lowest BCUT2D eigenvalue weighted by molar-refractivity contribution is -0.142. The standard InChI is InChI=1S/C12H15F2NO2/c1-3-17-11(16)6-8-4-5-9(15)7-10(8)12(2,13)14/h4-5,7H,3,6,15H2,1-2H3. The smallest absolute Gasteiger partial charge is 0.310 e. The summed E-state index contributed by atoms with van der Waals surface area (Å²) in [6.45, 7) is 2.66. The maximum Gasteiger partial charge on any atom is 0.310 e. The molecule has 0 bridgehead atoms. The number of halogens is 2. The van der Waals surface area contributed by atoms with Gasteiger partial charge in [-0.3, -0.25) is 4.79 Å². The number of anilines is 1. The van der Waals surface area contributed by atoms with Crippen LogP contribution in [0.15, 0.2) is 18.2 Å². The zero-order chi connectivity index (χ0) is 13.1. The van der Waals surface area contributed by atoms with E-state index in [9.17, 15) is 13.6 Å². The summed E-state index contributed by atoms with van der Waals surface area (Å²) >= 11 is 0. The third kappa shape index (κ3) is 3.69. The van der Waals surface area contributed by atoms with Crippen molar-refractivity contribution in [3.8, 4) is 0 Å². The lowest BCUT2D eigenvalue weighted by atomic mass is 9.99. The van der Waals surface area contributed by atoms with Gasteiger partial charge in [0.1, 0.15) is 0 Å². The van der Waals surface area contributed by atoms with Gasteiger partial charge in [0.05, 0.1) is 13.0 Å². The number of carbonyl (C=O) groups excluding carboxylic acids is 1. The van der Waals surface area contributed by atoms with Crippen LogP contribution < -0.4 is 5.73 Å². The highest BCUT2D eigenvalue weighted by Gasteiger charge is 2.28. The van der Waals surface area contributed by atoms with Crippen LogP contribution in [0.4, 0.5) is 14.5 Å². The molecule has 0 spiro atoms. The van der Waals surface area contributed by atoms with Crippen LogP contribution in [0.5, 0.6) is 0 Å². The largest absolute Gasteiger partial charge is 0.466 e. The molecular weight excluding hydrogens is 228 g/mol. The molecule has 0 aliphatic rings. The van der Waals surface area contributed by atoms with Crippen molar-refractivity contribution in [3.63, 3.8) is 0 Å². The molecule has 1 aromatic carbocycles. The van der Waals surface area contributed by atoms with Gasteiger partial charge in [-0.1, -0.05) is 6.07 Å². The number of nitrogens with two attached hydrogens (primary N) is 1. The topological polar surface area (TPSA) is 52.3 Å². The van der Waals surface area contributed by atoms with Crippen LogP contribution in [-0.4, -0.2) is 12.6 Å². The lowest BCUT2D eigenvalue weighted by Crippen LogP contribution is -2.15. The number of esters is 1. The fraction of sp³-hybridized carbons (Fsp3) is 0.417. The Balaban J connectivity index is 3.03. The second kappa shape index (κ2) is 5.12. The molecule has 0 fully saturated rings. The van der Waals surface area contributed by atoms with Gasteiger partial charge in [-0.05, 0) is 24.6 Å². The highest BCUT2D eigenvalue weighted by molar-refractivity contribution is 5.73. The fourth-order valence-electron chi connectivity index (χ4n) is 1.52. The van der Waals surface area contributed by atoms with Crippen LogP contribution in [-0.2, 0) is 21.9 Å². The first-order valence-electron chi connectivity index (χ1n) is 5.27. The zero-order valence-corrected chi connectivity index (χ0v) is 9.80. The van der Waals surface area contributed by atoms with Crippen molar-refractivity contribution in [2.24, 2.45) is 0 Å². The van der Waals surface area contributed by atoms with Gasteiger partial charge < -0.3 is 10.5 Å². The quantitative estimate of drug-likeness (QED) is 0.653. The van der Waals surface area contributed by atoms with Gasteiger partial charge in [-0.25, -0.2) is 8.78 Å². The highest BCUT2D eigenvalue weighted by atomic mass is 19.3. The molecule has 0 aromatic heterocycles. The van der Waals surface area contributed by atoms with Crippen molar-refractivity contribution in [3.05, 3.63) is 29.3 Å². The Labute approximate surface area is 98.6 Å². The Bertz CT molecular complexity index is 413. The molecule has 0 radical (unpaired) electrons. The Morgan fingerprint density at radius 1 is 1.47 bits per heavy atom. The normalized spacial score (nSPS) is 11.3. The summed E-state index contributed by atoms with van der Waals surface area (Å²) in [5.74, 6) is -3.56. The van der Waals surface area contributed by atoms with E-state index in [-0.39, 0.29) is 29.8 Å². The third-order valence-electron chi connectivity index (χ3n) is 2.25. The van der Waals surface area contributed by atoms with Gasteiger partial charge in [-0.2, -0.15) is 0 Å². The highest BCUT2D eigenvalue weighted by Crippen LogP contribution is 2.31. The van der Waals surface area contributed by atoms with E-state index in [4.69, 9.17) is 10.5 Å². The number of benzene rings is 1. The number of hydrogen-bond donors (Lipinski definition) is 1. The molecule has 1 rings (SSSR count). The van der Waals surface area contributed by atoms with Gasteiger partial charge >= 0.3 is 5.97 Å². The molecule has 0 saturated heterocycles. The molecule has 5 heteroatoms. The minimum Gasteiger partial charge on any atom is -0.466 e. The first-order chi connectivity index (χ1) is 7.84. The Morgan fingerprint density at radius 3 is 2.65 bits per heavy atom. The number of rotatable bonds is 4. The number of nitrogen functional groups attached to an aromatic ring is 1. The van der Waals surface area contributed by atoms with E-state index >= 15 is 0 Å².